The van der Waals surface area contributed by atoms with Crippen LogP contribution in [0.15, 0.2) is 12.4 Å². The second-order valence-electron chi connectivity index (χ2n) is 5.50. The summed E-state index contributed by atoms with van der Waals surface area (Å²) >= 11 is 0. The highest BCUT2D eigenvalue weighted by atomic mass is 16.2. The minimum Gasteiger partial charge on any atom is -0.340 e. The Morgan fingerprint density at radius 1 is 1.45 bits per heavy atom. The highest BCUT2D eigenvalue weighted by Crippen LogP contribution is 2.25. The van der Waals surface area contributed by atoms with Crippen molar-refractivity contribution < 1.29 is 9.59 Å². The van der Waals surface area contributed by atoms with E-state index in [4.69, 9.17) is 0 Å². The van der Waals surface area contributed by atoms with Gasteiger partial charge in [0.2, 0.25) is 11.8 Å². The van der Waals surface area contributed by atoms with Gasteiger partial charge in [0.15, 0.2) is 0 Å². The molecular formula is C13H19N5O2. The Balaban J connectivity index is 1.67. The number of anilines is 1. The van der Waals surface area contributed by atoms with Gasteiger partial charge in [0.1, 0.15) is 0 Å². The van der Waals surface area contributed by atoms with Crippen molar-refractivity contribution in [1.82, 2.24) is 20.4 Å². The lowest BCUT2D eigenvalue weighted by Crippen LogP contribution is -2.53. The molecule has 0 saturated carbocycles. The summed E-state index contributed by atoms with van der Waals surface area (Å²) < 4.78 is 0. The van der Waals surface area contributed by atoms with Gasteiger partial charge in [0, 0.05) is 44.8 Å². The predicted molar refractivity (Wildman–Crippen MR) is 73.1 cm³/mol. The van der Waals surface area contributed by atoms with E-state index >= 15 is 0 Å². The maximum absolute atomic E-state index is 12.5. The summed E-state index contributed by atoms with van der Waals surface area (Å²) in [6.45, 7) is 4.78. The Morgan fingerprint density at radius 3 is 3.00 bits per heavy atom. The highest BCUT2D eigenvalue weighted by Gasteiger charge is 2.38. The molecule has 20 heavy (non-hydrogen) atoms. The Bertz CT molecular complexity index is 501. The fraction of sp³-hybridized carbons (Fsp3) is 0.615. The minimum atomic E-state index is -0.234. The first-order chi connectivity index (χ1) is 9.65. The van der Waals surface area contributed by atoms with E-state index in [1.54, 1.807) is 17.3 Å². The number of H-pyrrole nitrogens is 1. The van der Waals surface area contributed by atoms with Gasteiger partial charge in [-0.25, -0.2) is 0 Å². The lowest BCUT2D eigenvalue weighted by atomic mass is 10.1. The minimum absolute atomic E-state index is 0.00654. The van der Waals surface area contributed by atoms with E-state index < -0.39 is 0 Å². The van der Waals surface area contributed by atoms with Gasteiger partial charge in [0.25, 0.3) is 0 Å². The molecule has 0 bridgehead atoms. The zero-order valence-corrected chi connectivity index (χ0v) is 11.5. The van der Waals surface area contributed by atoms with Gasteiger partial charge in [-0.1, -0.05) is 0 Å². The molecule has 1 aromatic rings. The average Bonchev–Trinajstić information content (AvgIpc) is 3.06. The van der Waals surface area contributed by atoms with Crippen molar-refractivity contribution in [2.75, 3.05) is 31.1 Å². The number of aromatic amines is 1. The van der Waals surface area contributed by atoms with Crippen LogP contribution >= 0.6 is 0 Å². The molecule has 1 aromatic heterocycles. The molecule has 0 aliphatic carbocycles. The van der Waals surface area contributed by atoms with Crippen LogP contribution in [0.1, 0.15) is 13.3 Å². The van der Waals surface area contributed by atoms with Crippen LogP contribution < -0.4 is 10.2 Å². The topological polar surface area (TPSA) is 81.3 Å². The number of nitrogens with one attached hydrogen (secondary N) is 2. The van der Waals surface area contributed by atoms with Crippen molar-refractivity contribution in [3.63, 3.8) is 0 Å². The summed E-state index contributed by atoms with van der Waals surface area (Å²) in [5.41, 5.74) is 0.735. The van der Waals surface area contributed by atoms with E-state index in [0.29, 0.717) is 19.0 Å². The number of rotatable bonds is 2. The number of amides is 2. The maximum atomic E-state index is 12.5. The first-order valence-corrected chi connectivity index (χ1v) is 6.96. The monoisotopic (exact) mass is 277 g/mol. The van der Waals surface area contributed by atoms with Gasteiger partial charge in [-0.15, -0.1) is 0 Å². The molecule has 3 heterocycles. The zero-order chi connectivity index (χ0) is 14.1. The van der Waals surface area contributed by atoms with E-state index in [-0.39, 0.29) is 17.7 Å². The Labute approximate surface area is 117 Å². The number of piperazine rings is 1. The molecule has 2 amide bonds. The first-order valence-electron chi connectivity index (χ1n) is 6.96. The molecule has 7 nitrogen and oxygen atoms in total. The zero-order valence-electron chi connectivity index (χ0n) is 11.5. The molecule has 2 fully saturated rings. The van der Waals surface area contributed by atoms with E-state index in [9.17, 15) is 9.59 Å². The van der Waals surface area contributed by atoms with Gasteiger partial charge in [-0.05, 0) is 6.92 Å². The third kappa shape index (κ3) is 2.40. The summed E-state index contributed by atoms with van der Waals surface area (Å²) in [6, 6.07) is 0.315. The number of carbonyl (C=O) groups is 2. The molecule has 2 N–H and O–H groups in total. The van der Waals surface area contributed by atoms with Crippen molar-refractivity contribution in [2.24, 2.45) is 5.92 Å². The Morgan fingerprint density at radius 2 is 2.30 bits per heavy atom. The number of carbonyl (C=O) groups excluding carboxylic acids is 2. The summed E-state index contributed by atoms with van der Waals surface area (Å²) in [4.78, 5) is 28.0. The largest absolute Gasteiger partial charge is 0.340 e. The molecular weight excluding hydrogens is 258 g/mol. The number of aromatic nitrogens is 2. The molecule has 0 radical (unpaired) electrons. The standard InChI is InChI=1S/C13H19N5O2/c1-9-7-17(3-2-14-9)13(20)10-4-12(19)18(8-10)11-5-15-16-6-11/h5-6,9-10,14H,2-4,7-8H2,1H3,(H,15,16)/t9-,10+/m1/s1. The van der Waals surface area contributed by atoms with Crippen molar-refractivity contribution in [3.05, 3.63) is 12.4 Å². The van der Waals surface area contributed by atoms with Crippen molar-refractivity contribution in [3.8, 4) is 0 Å². The van der Waals surface area contributed by atoms with Crippen molar-refractivity contribution in [2.45, 2.75) is 19.4 Å². The first kappa shape index (κ1) is 13.1. The molecule has 2 aliphatic rings. The van der Waals surface area contributed by atoms with Crippen LogP contribution in [0.4, 0.5) is 5.69 Å². The number of nitrogens with zero attached hydrogens (tertiary/aromatic N) is 3. The fourth-order valence-electron chi connectivity index (χ4n) is 2.90. The third-order valence-corrected chi connectivity index (χ3v) is 3.95. The second kappa shape index (κ2) is 5.24. The number of hydrogen-bond acceptors (Lipinski definition) is 4. The molecule has 2 saturated heterocycles. The van der Waals surface area contributed by atoms with Crippen LogP contribution in [0, 0.1) is 5.92 Å². The van der Waals surface area contributed by atoms with E-state index in [1.807, 2.05) is 4.90 Å². The van der Waals surface area contributed by atoms with Crippen LogP contribution in [0.25, 0.3) is 0 Å². The van der Waals surface area contributed by atoms with E-state index in [2.05, 4.69) is 22.4 Å². The molecule has 0 aromatic carbocycles. The molecule has 108 valence electrons. The summed E-state index contributed by atoms with van der Waals surface area (Å²) in [5, 5.41) is 9.85. The summed E-state index contributed by atoms with van der Waals surface area (Å²) in [6.07, 6.45) is 3.58. The molecule has 0 spiro atoms. The third-order valence-electron chi connectivity index (χ3n) is 3.95. The average molecular weight is 277 g/mol. The quantitative estimate of drug-likeness (QED) is 0.769. The molecule has 0 unspecified atom stereocenters. The normalized spacial score (nSPS) is 27.1. The van der Waals surface area contributed by atoms with Gasteiger partial charge in [0.05, 0.1) is 17.8 Å². The number of hydrogen-bond donors (Lipinski definition) is 2. The highest BCUT2D eigenvalue weighted by molar-refractivity contribution is 6.00. The lowest BCUT2D eigenvalue weighted by molar-refractivity contribution is -0.136. The van der Waals surface area contributed by atoms with Crippen LogP contribution in [0.5, 0.6) is 0 Å². The fourth-order valence-corrected chi connectivity index (χ4v) is 2.90. The summed E-state index contributed by atoms with van der Waals surface area (Å²) in [7, 11) is 0. The lowest BCUT2D eigenvalue weighted by Gasteiger charge is -2.33. The Kier molecular flexibility index (Phi) is 3.43. The SMILES string of the molecule is C[C@@H]1CN(C(=O)[C@H]2CC(=O)N(c3cn[nH]c3)C2)CCN1. The molecule has 2 atom stereocenters. The van der Waals surface area contributed by atoms with E-state index in [1.165, 1.54) is 0 Å². The maximum Gasteiger partial charge on any atom is 0.228 e. The van der Waals surface area contributed by atoms with Gasteiger partial charge in [-0.3, -0.25) is 14.7 Å². The predicted octanol–water partition coefficient (Wildman–Crippen LogP) is -0.417. The van der Waals surface area contributed by atoms with Crippen molar-refractivity contribution in [1.29, 1.82) is 0 Å². The van der Waals surface area contributed by atoms with Crippen LogP contribution in [-0.4, -0.2) is 59.1 Å². The smallest absolute Gasteiger partial charge is 0.228 e. The molecule has 2 aliphatic heterocycles. The van der Waals surface area contributed by atoms with Gasteiger partial charge < -0.3 is 15.1 Å². The van der Waals surface area contributed by atoms with Crippen molar-refractivity contribution >= 4 is 17.5 Å². The molecule has 7 heteroatoms. The molecule has 3 rings (SSSR count). The van der Waals surface area contributed by atoms with E-state index in [0.717, 1.165) is 25.3 Å². The second-order valence-corrected chi connectivity index (χ2v) is 5.50. The summed E-state index contributed by atoms with van der Waals surface area (Å²) in [5.74, 6) is -0.145. The Hall–Kier alpha value is -1.89. The van der Waals surface area contributed by atoms with Gasteiger partial charge in [-0.2, -0.15) is 5.10 Å². The van der Waals surface area contributed by atoms with Crippen LogP contribution in [0.2, 0.25) is 0 Å². The van der Waals surface area contributed by atoms with Gasteiger partial charge >= 0.3 is 0 Å². The van der Waals surface area contributed by atoms with Crippen LogP contribution in [-0.2, 0) is 9.59 Å². The van der Waals surface area contributed by atoms with Crippen LogP contribution in [0.3, 0.4) is 0 Å².